The van der Waals surface area contributed by atoms with E-state index in [9.17, 15) is 35.9 Å². The fourth-order valence-electron chi connectivity index (χ4n) is 2.26. The molecule has 146 valence electrons. The van der Waals surface area contributed by atoms with Crippen LogP contribution in [0, 0.1) is 5.92 Å². The molecule has 0 aliphatic heterocycles. The lowest BCUT2D eigenvalue weighted by molar-refractivity contribution is -0.143. The van der Waals surface area contributed by atoms with Crippen LogP contribution in [0.15, 0.2) is 18.2 Å². The molecule has 2 amide bonds. The van der Waals surface area contributed by atoms with Gasteiger partial charge in [-0.15, -0.1) is 0 Å². The third-order valence-corrected chi connectivity index (χ3v) is 3.85. The Kier molecular flexibility index (Phi) is 6.67. The molecule has 0 bridgehead atoms. The number of halogens is 6. The van der Waals surface area contributed by atoms with Crippen molar-refractivity contribution >= 4 is 11.8 Å². The van der Waals surface area contributed by atoms with Gasteiger partial charge < -0.3 is 11.1 Å². The highest BCUT2D eigenvalue weighted by molar-refractivity contribution is 5.87. The summed E-state index contributed by atoms with van der Waals surface area (Å²) in [6, 6.07) is -0.151. The molecule has 1 aromatic rings. The summed E-state index contributed by atoms with van der Waals surface area (Å²) in [6.07, 6.45) is -10.3. The Hall–Kier alpha value is -2.26. The van der Waals surface area contributed by atoms with Crippen LogP contribution >= 0.6 is 0 Å². The molecule has 0 aliphatic carbocycles. The topological polar surface area (TPSA) is 72.2 Å². The van der Waals surface area contributed by atoms with Gasteiger partial charge in [0.15, 0.2) is 0 Å². The number of carbonyl (C=O) groups is 2. The largest absolute Gasteiger partial charge is 0.416 e. The number of benzene rings is 1. The summed E-state index contributed by atoms with van der Waals surface area (Å²) < 4.78 is 76.9. The number of rotatable bonds is 6. The van der Waals surface area contributed by atoms with Crippen LogP contribution < -0.4 is 11.1 Å². The van der Waals surface area contributed by atoms with E-state index in [1.807, 2.05) is 0 Å². The second kappa shape index (κ2) is 7.96. The van der Waals surface area contributed by atoms with Gasteiger partial charge in [-0.25, -0.2) is 0 Å². The van der Waals surface area contributed by atoms with Gasteiger partial charge in [0.1, 0.15) is 6.04 Å². The van der Waals surface area contributed by atoms with E-state index in [1.54, 1.807) is 13.8 Å². The zero-order valence-electron chi connectivity index (χ0n) is 14.0. The number of primary amides is 1. The number of carbonyl (C=O) groups excluding carboxylic acids is 2. The minimum absolute atomic E-state index is 0.0211. The minimum atomic E-state index is -5.00. The van der Waals surface area contributed by atoms with Crippen LogP contribution in [0.1, 0.15) is 37.0 Å². The number of hydrogen-bond donors (Lipinski definition) is 2. The summed E-state index contributed by atoms with van der Waals surface area (Å²) in [7, 11) is 0. The highest BCUT2D eigenvalue weighted by Gasteiger charge is 2.37. The first-order chi connectivity index (χ1) is 11.8. The zero-order chi connectivity index (χ0) is 20.3. The van der Waals surface area contributed by atoms with Crippen molar-refractivity contribution < 1.29 is 35.9 Å². The van der Waals surface area contributed by atoms with Crippen LogP contribution in [0.2, 0.25) is 0 Å². The Bertz CT molecular complexity index is 637. The summed E-state index contributed by atoms with van der Waals surface area (Å²) in [4.78, 5) is 23.4. The van der Waals surface area contributed by atoms with E-state index < -0.39 is 53.3 Å². The molecule has 1 rings (SSSR count). The molecule has 0 radical (unpaired) electrons. The molecule has 26 heavy (non-hydrogen) atoms. The number of alkyl halides is 6. The number of nitrogens with one attached hydrogen (secondary N) is 1. The maximum absolute atomic E-state index is 12.8. The maximum atomic E-state index is 12.8. The standard InChI is InChI=1S/C16H18F6N2O2/c1-3-8(2)13(14(23)26)24-12(25)6-9-4-10(15(17,18)19)7-11(5-9)16(20,21)22/h4-5,7-8,13H,3,6H2,1-2H3,(H2,23,26)(H,24,25)/t8-,13+/m1/s1. The summed E-state index contributed by atoms with van der Waals surface area (Å²) in [5, 5.41) is 2.26. The Balaban J connectivity index is 3.11. The van der Waals surface area contributed by atoms with E-state index in [1.165, 1.54) is 0 Å². The second-order valence-corrected chi connectivity index (χ2v) is 5.92. The highest BCUT2D eigenvalue weighted by atomic mass is 19.4. The van der Waals surface area contributed by atoms with E-state index in [0.717, 1.165) is 0 Å². The van der Waals surface area contributed by atoms with Gasteiger partial charge >= 0.3 is 12.4 Å². The molecule has 4 nitrogen and oxygen atoms in total. The Labute approximate surface area is 145 Å². The summed E-state index contributed by atoms with van der Waals surface area (Å²) in [6.45, 7) is 3.36. The Morgan fingerprint density at radius 3 is 1.85 bits per heavy atom. The van der Waals surface area contributed by atoms with Gasteiger partial charge in [-0.2, -0.15) is 26.3 Å². The summed E-state index contributed by atoms with van der Waals surface area (Å²) in [5.74, 6) is -2.09. The van der Waals surface area contributed by atoms with Gasteiger partial charge in [-0.3, -0.25) is 9.59 Å². The van der Waals surface area contributed by atoms with Crippen LogP contribution in [0.3, 0.4) is 0 Å². The maximum Gasteiger partial charge on any atom is 0.416 e. The second-order valence-electron chi connectivity index (χ2n) is 5.92. The molecule has 0 spiro atoms. The Morgan fingerprint density at radius 2 is 1.50 bits per heavy atom. The molecule has 2 atom stereocenters. The predicted molar refractivity (Wildman–Crippen MR) is 80.7 cm³/mol. The molecule has 1 aromatic carbocycles. The third-order valence-electron chi connectivity index (χ3n) is 3.85. The normalized spacial score (nSPS) is 14.6. The van der Waals surface area contributed by atoms with E-state index in [2.05, 4.69) is 5.32 Å². The molecule has 0 saturated heterocycles. The SMILES string of the molecule is CC[C@@H](C)[C@H](NC(=O)Cc1cc(C(F)(F)F)cc(C(F)(F)F)c1)C(N)=O. The molecule has 0 fully saturated rings. The van der Waals surface area contributed by atoms with Crippen molar-refractivity contribution in [2.75, 3.05) is 0 Å². The Morgan fingerprint density at radius 1 is 1.04 bits per heavy atom. The van der Waals surface area contributed by atoms with Gasteiger partial charge in [0.05, 0.1) is 17.5 Å². The first kappa shape index (κ1) is 21.8. The van der Waals surface area contributed by atoms with E-state index >= 15 is 0 Å². The molecular formula is C16H18F6N2O2. The third kappa shape index (κ3) is 5.92. The molecule has 0 aromatic heterocycles. The smallest absolute Gasteiger partial charge is 0.368 e. The quantitative estimate of drug-likeness (QED) is 0.739. The number of amides is 2. The lowest BCUT2D eigenvalue weighted by atomic mass is 9.97. The first-order valence-electron chi connectivity index (χ1n) is 7.62. The first-order valence-corrected chi connectivity index (χ1v) is 7.62. The van der Waals surface area contributed by atoms with Crippen LogP contribution in [0.25, 0.3) is 0 Å². The molecular weight excluding hydrogens is 366 g/mol. The van der Waals surface area contributed by atoms with Gasteiger partial charge in [0.25, 0.3) is 0 Å². The van der Waals surface area contributed by atoms with E-state index in [4.69, 9.17) is 5.73 Å². The molecule has 0 aliphatic rings. The van der Waals surface area contributed by atoms with E-state index in [-0.39, 0.29) is 12.0 Å². The van der Waals surface area contributed by atoms with Crippen LogP contribution in [-0.2, 0) is 28.4 Å². The van der Waals surface area contributed by atoms with Crippen molar-refractivity contribution in [1.82, 2.24) is 5.32 Å². The van der Waals surface area contributed by atoms with Gasteiger partial charge in [-0.05, 0) is 29.7 Å². The van der Waals surface area contributed by atoms with Crippen molar-refractivity contribution in [3.05, 3.63) is 34.9 Å². The van der Waals surface area contributed by atoms with Crippen LogP contribution in [0.4, 0.5) is 26.3 Å². The number of nitrogens with two attached hydrogens (primary N) is 1. The lowest BCUT2D eigenvalue weighted by Gasteiger charge is -2.21. The van der Waals surface area contributed by atoms with Crippen LogP contribution in [0.5, 0.6) is 0 Å². The molecule has 10 heteroatoms. The molecule has 0 unspecified atom stereocenters. The molecule has 0 saturated carbocycles. The fraction of sp³-hybridized carbons (Fsp3) is 0.500. The van der Waals surface area contributed by atoms with Crippen LogP contribution in [-0.4, -0.2) is 17.9 Å². The van der Waals surface area contributed by atoms with Crippen molar-refractivity contribution in [2.24, 2.45) is 11.7 Å². The zero-order valence-corrected chi connectivity index (χ0v) is 14.0. The summed E-state index contributed by atoms with van der Waals surface area (Å²) >= 11 is 0. The van der Waals surface area contributed by atoms with Crippen molar-refractivity contribution in [1.29, 1.82) is 0 Å². The van der Waals surface area contributed by atoms with Crippen molar-refractivity contribution in [2.45, 2.75) is 45.1 Å². The highest BCUT2D eigenvalue weighted by Crippen LogP contribution is 2.36. The summed E-state index contributed by atoms with van der Waals surface area (Å²) in [5.41, 5.74) is 1.67. The predicted octanol–water partition coefficient (Wildman–Crippen LogP) is 3.28. The van der Waals surface area contributed by atoms with Gasteiger partial charge in [-0.1, -0.05) is 20.3 Å². The molecule has 3 N–H and O–H groups in total. The lowest BCUT2D eigenvalue weighted by Crippen LogP contribution is -2.48. The molecule has 0 heterocycles. The average Bonchev–Trinajstić information content (AvgIpc) is 2.49. The van der Waals surface area contributed by atoms with Gasteiger partial charge in [0.2, 0.25) is 11.8 Å². The average molecular weight is 384 g/mol. The fourth-order valence-corrected chi connectivity index (χ4v) is 2.26. The van der Waals surface area contributed by atoms with Gasteiger partial charge in [0, 0.05) is 0 Å². The van der Waals surface area contributed by atoms with Crippen molar-refractivity contribution in [3.63, 3.8) is 0 Å². The monoisotopic (exact) mass is 384 g/mol. The minimum Gasteiger partial charge on any atom is -0.368 e. The number of hydrogen-bond acceptors (Lipinski definition) is 2. The van der Waals surface area contributed by atoms with Crippen molar-refractivity contribution in [3.8, 4) is 0 Å². The van der Waals surface area contributed by atoms with E-state index in [0.29, 0.717) is 18.6 Å².